The molecule has 0 aliphatic rings. The Bertz CT molecular complexity index is 218. The van der Waals surface area contributed by atoms with Gasteiger partial charge in [-0.2, -0.15) is 0 Å². The molecule has 0 spiro atoms. The normalized spacial score (nSPS) is 15.0. The summed E-state index contributed by atoms with van der Waals surface area (Å²) < 4.78 is 15.5. The molecule has 0 aliphatic carbocycles. The molecule has 3 N–H and O–H groups in total. The van der Waals surface area contributed by atoms with E-state index in [1.54, 1.807) is 6.92 Å². The summed E-state index contributed by atoms with van der Waals surface area (Å²) in [6.07, 6.45) is 0. The molecule has 0 aromatic carbocycles. The molecule has 5 nitrogen and oxygen atoms in total. The van der Waals surface area contributed by atoms with Crippen LogP contribution >= 0.6 is 24.6 Å². The van der Waals surface area contributed by atoms with Crippen LogP contribution in [-0.2, 0) is 14.2 Å². The van der Waals surface area contributed by atoms with E-state index in [2.05, 4.69) is 15.6 Å². The van der Waals surface area contributed by atoms with Crippen molar-refractivity contribution in [3.63, 3.8) is 0 Å². The fraction of sp³-hybridized carbons (Fsp3) is 0.857. The largest absolute Gasteiger partial charge is 0.376 e. The summed E-state index contributed by atoms with van der Waals surface area (Å²) in [5, 5.41) is 1.63. The average Bonchev–Trinajstić information content (AvgIpc) is 2.15. The number of hydrogen-bond acceptors (Lipinski definition) is 4. The van der Waals surface area contributed by atoms with Gasteiger partial charge in [-0.25, -0.2) is 0 Å². The lowest BCUT2D eigenvalue weighted by Crippen LogP contribution is -2.67. The number of methoxy groups -OCH3 is 3. The van der Waals surface area contributed by atoms with Crippen molar-refractivity contribution in [2.24, 2.45) is 5.73 Å². The van der Waals surface area contributed by atoms with Crippen molar-refractivity contribution >= 4 is 40.0 Å². The van der Waals surface area contributed by atoms with E-state index in [0.717, 1.165) is 0 Å². The maximum absolute atomic E-state index is 5.36. The van der Waals surface area contributed by atoms with E-state index in [4.69, 9.17) is 32.2 Å². The van der Waals surface area contributed by atoms with E-state index in [1.165, 1.54) is 21.3 Å². The SMILES string of the molecule is COC([Si])(NC(N)=S)C(C)(OC)OC.Cl. The summed E-state index contributed by atoms with van der Waals surface area (Å²) in [5.74, 6) is -1.07. The molecule has 15 heavy (non-hydrogen) atoms. The van der Waals surface area contributed by atoms with Gasteiger partial charge < -0.3 is 25.3 Å². The smallest absolute Gasteiger partial charge is 0.208 e. The fourth-order valence-corrected chi connectivity index (χ4v) is 1.47. The molecular formula is C7H16ClN2O3SSi. The zero-order valence-corrected chi connectivity index (χ0v) is 11.8. The topological polar surface area (TPSA) is 65.7 Å². The van der Waals surface area contributed by atoms with Crippen LogP contribution in [0.3, 0.4) is 0 Å². The van der Waals surface area contributed by atoms with E-state index in [9.17, 15) is 0 Å². The molecule has 0 aromatic heterocycles. The van der Waals surface area contributed by atoms with E-state index in [0.29, 0.717) is 0 Å². The Balaban J connectivity index is 0. The molecule has 0 heterocycles. The first-order valence-corrected chi connectivity index (χ1v) is 4.74. The van der Waals surface area contributed by atoms with Gasteiger partial charge in [0.2, 0.25) is 5.79 Å². The van der Waals surface area contributed by atoms with Crippen LogP contribution in [0.15, 0.2) is 0 Å². The van der Waals surface area contributed by atoms with Crippen LogP contribution in [0.25, 0.3) is 0 Å². The summed E-state index contributed by atoms with van der Waals surface area (Å²) in [5.41, 5.74) is 5.36. The van der Waals surface area contributed by atoms with Gasteiger partial charge in [-0.15, -0.1) is 12.4 Å². The molecule has 0 saturated heterocycles. The zero-order valence-electron chi connectivity index (χ0n) is 9.12. The van der Waals surface area contributed by atoms with Crippen molar-refractivity contribution < 1.29 is 14.2 Å². The van der Waals surface area contributed by atoms with Gasteiger partial charge in [0.25, 0.3) is 0 Å². The Kier molecular flexibility index (Phi) is 7.70. The number of hydrogen-bond donors (Lipinski definition) is 2. The Morgan fingerprint density at radius 3 is 1.87 bits per heavy atom. The van der Waals surface area contributed by atoms with Crippen LogP contribution in [0.4, 0.5) is 0 Å². The Morgan fingerprint density at radius 1 is 1.27 bits per heavy atom. The van der Waals surface area contributed by atoms with E-state index in [-0.39, 0.29) is 17.5 Å². The predicted molar refractivity (Wildman–Crippen MR) is 65.1 cm³/mol. The highest BCUT2D eigenvalue weighted by molar-refractivity contribution is 7.80. The summed E-state index contributed by atoms with van der Waals surface area (Å²) in [4.78, 5) is 0. The summed E-state index contributed by atoms with van der Waals surface area (Å²) in [6.45, 7) is 1.68. The molecule has 0 bridgehead atoms. The van der Waals surface area contributed by atoms with Gasteiger partial charge >= 0.3 is 0 Å². The highest BCUT2D eigenvalue weighted by atomic mass is 35.5. The monoisotopic (exact) mass is 271 g/mol. The molecule has 0 rings (SSSR count). The summed E-state index contributed by atoms with van der Waals surface area (Å²) in [6, 6.07) is 0. The maximum atomic E-state index is 5.36. The van der Waals surface area contributed by atoms with Crippen LogP contribution < -0.4 is 11.1 Å². The van der Waals surface area contributed by atoms with Crippen molar-refractivity contribution in [2.45, 2.75) is 18.1 Å². The second-order valence-electron chi connectivity index (χ2n) is 2.73. The predicted octanol–water partition coefficient (Wildman–Crippen LogP) is -0.281. The van der Waals surface area contributed by atoms with Gasteiger partial charge in [0.15, 0.2) is 10.5 Å². The number of thiocarbonyl (C=S) groups is 1. The first-order valence-electron chi connectivity index (χ1n) is 3.83. The molecule has 0 aromatic rings. The van der Waals surface area contributed by atoms with Crippen molar-refractivity contribution in [1.29, 1.82) is 0 Å². The van der Waals surface area contributed by atoms with Crippen molar-refractivity contribution in [3.8, 4) is 0 Å². The lowest BCUT2D eigenvalue weighted by Gasteiger charge is -2.43. The highest BCUT2D eigenvalue weighted by Gasteiger charge is 2.46. The van der Waals surface area contributed by atoms with E-state index >= 15 is 0 Å². The molecule has 8 heteroatoms. The molecule has 0 aliphatic heterocycles. The third-order valence-corrected chi connectivity index (χ3v) is 2.91. The highest BCUT2D eigenvalue weighted by Crippen LogP contribution is 2.24. The molecule has 0 fully saturated rings. The summed E-state index contributed by atoms with van der Waals surface area (Å²) >= 11 is 4.72. The second kappa shape index (κ2) is 6.61. The molecule has 1 atom stereocenters. The van der Waals surface area contributed by atoms with Crippen LogP contribution in [-0.4, -0.2) is 47.8 Å². The Morgan fingerprint density at radius 2 is 1.67 bits per heavy atom. The number of ether oxygens (including phenoxy) is 3. The lowest BCUT2D eigenvalue weighted by atomic mass is 10.2. The maximum Gasteiger partial charge on any atom is 0.208 e. The molecule has 3 radical (unpaired) electrons. The minimum atomic E-state index is -1.14. The van der Waals surface area contributed by atoms with Crippen LogP contribution in [0.2, 0.25) is 0 Å². The first-order chi connectivity index (χ1) is 6.35. The van der Waals surface area contributed by atoms with Gasteiger partial charge in [0.05, 0.1) is 0 Å². The molecule has 89 valence electrons. The van der Waals surface area contributed by atoms with Gasteiger partial charge in [-0.1, -0.05) is 0 Å². The van der Waals surface area contributed by atoms with Crippen LogP contribution in [0.5, 0.6) is 0 Å². The Hall–Kier alpha value is 0.0769. The minimum Gasteiger partial charge on any atom is -0.376 e. The average molecular weight is 272 g/mol. The summed E-state index contributed by atoms with van der Waals surface area (Å²) in [7, 11) is 7.77. The van der Waals surface area contributed by atoms with Gasteiger partial charge in [-0.05, 0) is 19.1 Å². The number of nitrogens with one attached hydrogen (secondary N) is 1. The third-order valence-electron chi connectivity index (χ3n) is 2.02. The first kappa shape index (κ1) is 17.5. The van der Waals surface area contributed by atoms with E-state index in [1.807, 2.05) is 0 Å². The van der Waals surface area contributed by atoms with Crippen molar-refractivity contribution in [1.82, 2.24) is 5.32 Å². The third kappa shape index (κ3) is 3.86. The fourth-order valence-electron chi connectivity index (χ4n) is 0.894. The van der Waals surface area contributed by atoms with E-state index < -0.39 is 11.1 Å². The number of halogens is 1. The van der Waals surface area contributed by atoms with Gasteiger partial charge in [0, 0.05) is 21.3 Å². The Labute approximate surface area is 105 Å². The lowest BCUT2D eigenvalue weighted by molar-refractivity contribution is -0.274. The number of rotatable bonds is 5. The van der Waals surface area contributed by atoms with Crippen molar-refractivity contribution in [2.75, 3.05) is 21.3 Å². The van der Waals surface area contributed by atoms with Gasteiger partial charge in [-0.3, -0.25) is 0 Å². The standard InChI is InChI=1S/C7H15N2O3SSi.ClH/c1-6(10-2,11-3)7(14,12-4)9-5(8)13;/h1-4H3,(H3,8,9,13);1H. The van der Waals surface area contributed by atoms with Crippen LogP contribution in [0.1, 0.15) is 6.92 Å². The quantitative estimate of drug-likeness (QED) is 0.407. The zero-order chi connectivity index (χ0) is 11.4. The van der Waals surface area contributed by atoms with Gasteiger partial charge in [0.1, 0.15) is 10.2 Å². The minimum absolute atomic E-state index is 0. The second-order valence-corrected chi connectivity index (χ2v) is 3.87. The van der Waals surface area contributed by atoms with Crippen molar-refractivity contribution in [3.05, 3.63) is 0 Å². The number of nitrogens with two attached hydrogens (primary N) is 1. The van der Waals surface area contributed by atoms with Crippen LogP contribution in [0, 0.1) is 0 Å². The molecule has 0 saturated carbocycles. The molecule has 1 unspecified atom stereocenters. The molecular weight excluding hydrogens is 256 g/mol. The molecule has 0 amide bonds.